The Morgan fingerprint density at radius 1 is 1.16 bits per heavy atom. The number of hydrogen-bond donors (Lipinski definition) is 2. The lowest BCUT2D eigenvalue weighted by Gasteiger charge is -2.33. The number of rotatable bonds is 7. The van der Waals surface area contributed by atoms with Crippen LogP contribution >= 0.6 is 22.9 Å². The van der Waals surface area contributed by atoms with Gasteiger partial charge in [0, 0.05) is 52.5 Å². The van der Waals surface area contributed by atoms with Crippen LogP contribution in [-0.2, 0) is 6.54 Å². The summed E-state index contributed by atoms with van der Waals surface area (Å²) in [6.45, 7) is 0.443. The number of carbonyl (C=O) groups is 1. The number of methoxy groups -OCH3 is 1. The summed E-state index contributed by atoms with van der Waals surface area (Å²) in [5, 5.41) is 3.90. The zero-order valence-electron chi connectivity index (χ0n) is 20.9. The van der Waals surface area contributed by atoms with Gasteiger partial charge in [0.1, 0.15) is 18.1 Å². The van der Waals surface area contributed by atoms with Crippen LogP contribution in [0.5, 0.6) is 5.75 Å². The minimum Gasteiger partial charge on any atom is -0.496 e. The minimum atomic E-state index is -0.403. The van der Waals surface area contributed by atoms with Crippen LogP contribution in [0.3, 0.4) is 0 Å². The Bertz CT molecular complexity index is 1400. The average molecular weight is 539 g/mol. The molecule has 4 aromatic rings. The summed E-state index contributed by atoms with van der Waals surface area (Å²) >= 11 is 7.92. The van der Waals surface area contributed by atoms with E-state index in [1.807, 2.05) is 43.6 Å². The van der Waals surface area contributed by atoms with Crippen LogP contribution in [-0.4, -0.2) is 37.1 Å². The van der Waals surface area contributed by atoms with E-state index in [2.05, 4.69) is 16.4 Å². The van der Waals surface area contributed by atoms with Crippen LogP contribution in [0.2, 0.25) is 5.02 Å². The molecular formula is C29H30ClFN3O2S+. The standard InChI is InChI=1S/C29H29ClFN3O2S/c1-32-21-9-11-22(12-10-21)34(29(35)28-27(30)26-23(31)6-3-7-25(26)37-28)17-20-15-18(8-13-24(20)36-2)19-5-4-14-33-16-19/h3-8,13-16,21-22,32H,9-12,17H2,1-2H3/p+1. The van der Waals surface area contributed by atoms with Crippen molar-refractivity contribution < 1.29 is 18.8 Å². The average Bonchev–Trinajstić information content (AvgIpc) is 3.29. The number of aromatic nitrogens is 1. The number of nitrogens with one attached hydrogen (secondary N) is 2. The zero-order valence-corrected chi connectivity index (χ0v) is 22.5. The largest absolute Gasteiger partial charge is 0.496 e. The first kappa shape index (κ1) is 25.8. The first-order chi connectivity index (χ1) is 18.0. The van der Waals surface area contributed by atoms with Gasteiger partial charge in [-0.3, -0.25) is 9.88 Å². The zero-order chi connectivity index (χ0) is 25.9. The van der Waals surface area contributed by atoms with Crippen molar-refractivity contribution in [1.82, 2.24) is 10.3 Å². The summed E-state index contributed by atoms with van der Waals surface area (Å²) in [6, 6.07) is 15.4. The highest BCUT2D eigenvalue weighted by atomic mass is 35.5. The van der Waals surface area contributed by atoms with E-state index in [1.54, 1.807) is 19.4 Å². The number of halogens is 2. The van der Waals surface area contributed by atoms with Crippen molar-refractivity contribution in [3.05, 3.63) is 82.2 Å². The van der Waals surface area contributed by atoms with E-state index in [0.717, 1.165) is 53.0 Å². The number of amides is 1. The second-order valence-electron chi connectivity index (χ2n) is 9.49. The Morgan fingerprint density at radius 2 is 1.97 bits per heavy atom. The first-order valence-corrected chi connectivity index (χ1v) is 13.7. The van der Waals surface area contributed by atoms with Crippen molar-refractivity contribution >= 4 is 38.9 Å². The number of ether oxygens (including phenoxy) is 1. The molecule has 1 amide bonds. The number of pyridine rings is 1. The van der Waals surface area contributed by atoms with Crippen molar-refractivity contribution in [3.63, 3.8) is 0 Å². The van der Waals surface area contributed by atoms with E-state index in [-0.39, 0.29) is 17.0 Å². The summed E-state index contributed by atoms with van der Waals surface area (Å²) in [5.41, 5.74) is 2.94. The van der Waals surface area contributed by atoms with Crippen LogP contribution in [0, 0.1) is 5.82 Å². The van der Waals surface area contributed by atoms with E-state index >= 15 is 0 Å². The maximum absolute atomic E-state index is 14.6. The number of carbonyl (C=O) groups excluding carboxylic acids is 1. The number of thiophene rings is 1. The monoisotopic (exact) mass is 538 g/mol. The Morgan fingerprint density at radius 3 is 2.65 bits per heavy atom. The lowest BCUT2D eigenvalue weighted by molar-refractivity contribution is -0.858. The molecule has 2 heterocycles. The number of quaternary nitrogens is 1. The van der Waals surface area contributed by atoms with E-state index < -0.39 is 5.82 Å². The Hall–Kier alpha value is -2.84. The highest BCUT2D eigenvalue weighted by Crippen LogP contribution is 2.37. The second kappa shape index (κ2) is 11.3. The number of hydrogen-bond acceptors (Lipinski definition) is 5. The Balaban J connectivity index is 1.54. The maximum Gasteiger partial charge on any atom is 0.356 e. The molecule has 0 radical (unpaired) electrons. The fourth-order valence-electron chi connectivity index (χ4n) is 5.34. The Kier molecular flexibility index (Phi) is 7.86. The lowest BCUT2D eigenvalue weighted by Crippen LogP contribution is -3.17. The van der Waals surface area contributed by atoms with Crippen LogP contribution < -0.4 is 15.0 Å². The molecule has 2 aromatic carbocycles. The van der Waals surface area contributed by atoms with Crippen LogP contribution in [0.15, 0.2) is 60.9 Å². The van der Waals surface area contributed by atoms with Crippen LogP contribution in [0.25, 0.3) is 21.2 Å². The highest BCUT2D eigenvalue weighted by Gasteiger charge is 2.37. The van der Waals surface area contributed by atoms with Gasteiger partial charge in [-0.15, -0.1) is 11.3 Å². The maximum atomic E-state index is 14.6. The number of benzene rings is 2. The lowest BCUT2D eigenvalue weighted by atomic mass is 9.89. The molecule has 0 aliphatic heterocycles. The smallest absolute Gasteiger partial charge is 0.356 e. The van der Waals surface area contributed by atoms with Crippen molar-refractivity contribution in [1.29, 1.82) is 0 Å². The van der Waals surface area contributed by atoms with E-state index in [4.69, 9.17) is 16.3 Å². The fraction of sp³-hybridized carbons (Fsp3) is 0.310. The molecule has 1 aliphatic carbocycles. The van der Waals surface area contributed by atoms with Gasteiger partial charge in [0.05, 0.1) is 18.2 Å². The van der Waals surface area contributed by atoms with Gasteiger partial charge in [0.15, 0.2) is 4.88 Å². The third-order valence-electron chi connectivity index (χ3n) is 7.39. The molecule has 0 bridgehead atoms. The molecule has 1 aliphatic rings. The van der Waals surface area contributed by atoms with Crippen molar-refractivity contribution in [2.24, 2.45) is 0 Å². The molecule has 0 spiro atoms. The molecule has 1 fully saturated rings. The fourth-order valence-corrected chi connectivity index (χ4v) is 6.87. The molecule has 5 rings (SSSR count). The van der Waals surface area contributed by atoms with Crippen LogP contribution in [0.4, 0.5) is 4.39 Å². The number of nitrogens with zero attached hydrogens (tertiary/aromatic N) is 1. The molecule has 2 N–H and O–H groups in total. The quantitative estimate of drug-likeness (QED) is 0.325. The summed E-state index contributed by atoms with van der Waals surface area (Å²) in [5.74, 6) is 0.238. The van der Waals surface area contributed by atoms with Gasteiger partial charge in [-0.05, 0) is 55.8 Å². The van der Waals surface area contributed by atoms with Gasteiger partial charge in [0.2, 0.25) is 0 Å². The van der Waals surface area contributed by atoms with Gasteiger partial charge < -0.3 is 10.1 Å². The molecule has 8 heteroatoms. The third kappa shape index (κ3) is 5.27. The third-order valence-corrected chi connectivity index (χ3v) is 9.03. The predicted octanol–water partition coefficient (Wildman–Crippen LogP) is 5.52. The van der Waals surface area contributed by atoms with E-state index in [0.29, 0.717) is 27.5 Å². The molecule has 1 unspecified atom stereocenters. The topological polar surface area (TPSA) is 55.7 Å². The minimum absolute atomic E-state index is 0.0904. The molecule has 2 aromatic heterocycles. The van der Waals surface area contributed by atoms with Gasteiger partial charge in [-0.1, -0.05) is 29.8 Å². The van der Waals surface area contributed by atoms with E-state index in [9.17, 15) is 9.18 Å². The Labute approximate surface area is 225 Å². The SMILES string of the molecule is CNC1CCC([NH+](Cc2cc(-c3cccnc3)ccc2OC)C(=O)c2sc3cccc(F)c3c2Cl)CC1. The second-order valence-corrected chi connectivity index (χ2v) is 10.9. The summed E-state index contributed by atoms with van der Waals surface area (Å²) in [7, 11) is 3.63. The summed E-state index contributed by atoms with van der Waals surface area (Å²) < 4.78 is 21.0. The summed E-state index contributed by atoms with van der Waals surface area (Å²) in [4.78, 5) is 19.6. The van der Waals surface area contributed by atoms with Gasteiger partial charge in [0.25, 0.3) is 0 Å². The molecular weight excluding hydrogens is 509 g/mol. The van der Waals surface area contributed by atoms with Crippen molar-refractivity contribution in [2.75, 3.05) is 14.2 Å². The molecule has 5 nitrogen and oxygen atoms in total. The molecule has 1 atom stereocenters. The van der Waals surface area contributed by atoms with Crippen molar-refractivity contribution in [2.45, 2.75) is 44.3 Å². The molecule has 0 saturated heterocycles. The first-order valence-electron chi connectivity index (χ1n) is 12.5. The highest BCUT2D eigenvalue weighted by molar-refractivity contribution is 7.21. The van der Waals surface area contributed by atoms with Gasteiger partial charge in [-0.25, -0.2) is 9.18 Å². The predicted molar refractivity (Wildman–Crippen MR) is 147 cm³/mol. The summed E-state index contributed by atoms with van der Waals surface area (Å²) in [6.07, 6.45) is 7.39. The van der Waals surface area contributed by atoms with E-state index in [1.165, 1.54) is 17.4 Å². The van der Waals surface area contributed by atoms with Crippen LogP contribution in [0.1, 0.15) is 40.9 Å². The number of fused-ring (bicyclic) bond motifs is 1. The van der Waals surface area contributed by atoms with Crippen molar-refractivity contribution in [3.8, 4) is 16.9 Å². The molecule has 1 saturated carbocycles. The molecule has 37 heavy (non-hydrogen) atoms. The van der Waals surface area contributed by atoms with Gasteiger partial charge in [-0.2, -0.15) is 0 Å². The normalized spacial score (nSPS) is 18.6. The van der Waals surface area contributed by atoms with Gasteiger partial charge >= 0.3 is 5.91 Å². The molecule has 192 valence electrons.